The maximum Gasteiger partial charge on any atom is 0.268 e. The van der Waals surface area contributed by atoms with E-state index in [0.717, 1.165) is 16.8 Å². The van der Waals surface area contributed by atoms with E-state index in [9.17, 15) is 9.59 Å². The van der Waals surface area contributed by atoms with Crippen molar-refractivity contribution in [3.8, 4) is 0 Å². The van der Waals surface area contributed by atoms with Crippen molar-refractivity contribution >= 4 is 33.4 Å². The Labute approximate surface area is 115 Å². The van der Waals surface area contributed by atoms with Crippen molar-refractivity contribution in [2.75, 3.05) is 20.6 Å². The van der Waals surface area contributed by atoms with Crippen LogP contribution in [0.3, 0.4) is 0 Å². The monoisotopic (exact) mass is 279 g/mol. The van der Waals surface area contributed by atoms with Crippen LogP contribution in [-0.2, 0) is 11.3 Å². The Morgan fingerprint density at radius 2 is 2.16 bits per heavy atom. The molecule has 0 aliphatic carbocycles. The van der Waals surface area contributed by atoms with Crippen LogP contribution in [0, 0.1) is 0 Å². The molecule has 0 atom stereocenters. The standard InChI is InChI=1S/C13H17N3O2S/c1-4-16-9-5-6-19-11(9)7-10(16)13(18)14-8-12(17)15(2)3/h5-7H,4,8H2,1-3H3,(H,14,18). The first kappa shape index (κ1) is 13.6. The van der Waals surface area contributed by atoms with Gasteiger partial charge in [-0.25, -0.2) is 0 Å². The van der Waals surface area contributed by atoms with Crippen LogP contribution in [0.1, 0.15) is 17.4 Å². The Morgan fingerprint density at radius 1 is 1.42 bits per heavy atom. The Hall–Kier alpha value is -1.82. The van der Waals surface area contributed by atoms with E-state index < -0.39 is 0 Å². The van der Waals surface area contributed by atoms with E-state index in [1.54, 1.807) is 25.4 Å². The molecule has 2 aromatic rings. The number of likely N-dealkylation sites (N-methyl/N-ethyl adjacent to an activating group) is 1. The van der Waals surface area contributed by atoms with E-state index in [2.05, 4.69) is 5.32 Å². The van der Waals surface area contributed by atoms with Gasteiger partial charge in [-0.2, -0.15) is 0 Å². The highest BCUT2D eigenvalue weighted by Gasteiger charge is 2.16. The number of aromatic nitrogens is 1. The largest absolute Gasteiger partial charge is 0.347 e. The molecule has 0 aromatic carbocycles. The molecule has 1 N–H and O–H groups in total. The fourth-order valence-corrected chi connectivity index (χ4v) is 2.73. The molecule has 2 heterocycles. The number of fused-ring (bicyclic) bond motifs is 1. The van der Waals surface area contributed by atoms with Crippen LogP contribution in [0.15, 0.2) is 17.5 Å². The molecule has 0 saturated heterocycles. The predicted molar refractivity (Wildman–Crippen MR) is 76.5 cm³/mol. The summed E-state index contributed by atoms with van der Waals surface area (Å²) in [4.78, 5) is 25.0. The molecule has 0 fully saturated rings. The molecule has 0 aliphatic heterocycles. The Kier molecular flexibility index (Phi) is 3.90. The molecule has 102 valence electrons. The van der Waals surface area contributed by atoms with Gasteiger partial charge in [-0.1, -0.05) is 0 Å². The molecular formula is C13H17N3O2S. The van der Waals surface area contributed by atoms with Crippen LogP contribution in [0.2, 0.25) is 0 Å². The van der Waals surface area contributed by atoms with E-state index in [-0.39, 0.29) is 18.4 Å². The highest BCUT2D eigenvalue weighted by molar-refractivity contribution is 7.17. The van der Waals surface area contributed by atoms with Gasteiger partial charge in [0.2, 0.25) is 5.91 Å². The molecule has 2 amide bonds. The highest BCUT2D eigenvalue weighted by atomic mass is 32.1. The molecule has 2 aromatic heterocycles. The summed E-state index contributed by atoms with van der Waals surface area (Å²) in [7, 11) is 3.33. The summed E-state index contributed by atoms with van der Waals surface area (Å²) >= 11 is 1.61. The molecule has 19 heavy (non-hydrogen) atoms. The lowest BCUT2D eigenvalue weighted by atomic mass is 10.4. The van der Waals surface area contributed by atoms with Gasteiger partial charge in [0.25, 0.3) is 5.91 Å². The molecule has 5 nitrogen and oxygen atoms in total. The van der Waals surface area contributed by atoms with Crippen LogP contribution >= 0.6 is 11.3 Å². The van der Waals surface area contributed by atoms with E-state index in [1.807, 2.05) is 29.0 Å². The number of rotatable bonds is 4. The lowest BCUT2D eigenvalue weighted by molar-refractivity contribution is -0.127. The topological polar surface area (TPSA) is 54.3 Å². The van der Waals surface area contributed by atoms with Gasteiger partial charge >= 0.3 is 0 Å². The van der Waals surface area contributed by atoms with Crippen molar-refractivity contribution in [3.63, 3.8) is 0 Å². The molecule has 0 bridgehead atoms. The number of nitrogens with zero attached hydrogens (tertiary/aromatic N) is 2. The van der Waals surface area contributed by atoms with Crippen molar-refractivity contribution < 1.29 is 9.59 Å². The van der Waals surface area contributed by atoms with E-state index in [1.165, 1.54) is 4.90 Å². The first-order valence-electron chi connectivity index (χ1n) is 6.09. The van der Waals surface area contributed by atoms with E-state index in [0.29, 0.717) is 5.69 Å². The van der Waals surface area contributed by atoms with Gasteiger partial charge in [0.15, 0.2) is 0 Å². The lowest BCUT2D eigenvalue weighted by Crippen LogP contribution is -2.36. The number of nitrogens with one attached hydrogen (secondary N) is 1. The molecule has 0 radical (unpaired) electrons. The van der Waals surface area contributed by atoms with Crippen LogP contribution < -0.4 is 5.32 Å². The molecule has 0 spiro atoms. The third-order valence-corrected chi connectivity index (χ3v) is 3.82. The summed E-state index contributed by atoms with van der Waals surface area (Å²) in [5, 5.41) is 4.67. The Morgan fingerprint density at radius 3 is 2.79 bits per heavy atom. The van der Waals surface area contributed by atoms with Gasteiger partial charge in [0.05, 0.1) is 16.8 Å². The smallest absolute Gasteiger partial charge is 0.268 e. The number of carbonyl (C=O) groups excluding carboxylic acids is 2. The van der Waals surface area contributed by atoms with Crippen LogP contribution in [0.25, 0.3) is 10.2 Å². The van der Waals surface area contributed by atoms with Gasteiger partial charge in [0.1, 0.15) is 5.69 Å². The van der Waals surface area contributed by atoms with Crippen molar-refractivity contribution in [3.05, 3.63) is 23.2 Å². The SMILES string of the molecule is CCn1c(C(=O)NCC(=O)N(C)C)cc2sccc21. The zero-order valence-corrected chi connectivity index (χ0v) is 12.1. The average Bonchev–Trinajstić information content (AvgIpc) is 2.94. The second-order valence-electron chi connectivity index (χ2n) is 4.41. The summed E-state index contributed by atoms with van der Waals surface area (Å²) in [6.45, 7) is 2.75. The Balaban J connectivity index is 2.17. The number of hydrogen-bond donors (Lipinski definition) is 1. The van der Waals surface area contributed by atoms with Gasteiger partial charge in [-0.15, -0.1) is 11.3 Å². The van der Waals surface area contributed by atoms with Gasteiger partial charge in [-0.3, -0.25) is 9.59 Å². The molecular weight excluding hydrogens is 262 g/mol. The predicted octanol–water partition coefficient (Wildman–Crippen LogP) is 1.54. The van der Waals surface area contributed by atoms with E-state index in [4.69, 9.17) is 0 Å². The average molecular weight is 279 g/mol. The number of thiophene rings is 1. The zero-order valence-electron chi connectivity index (χ0n) is 11.3. The normalized spacial score (nSPS) is 10.7. The minimum absolute atomic E-state index is 0.0222. The maximum atomic E-state index is 12.1. The molecule has 6 heteroatoms. The van der Waals surface area contributed by atoms with E-state index >= 15 is 0 Å². The number of carbonyl (C=O) groups is 2. The quantitative estimate of drug-likeness (QED) is 0.923. The van der Waals surface area contributed by atoms with Crippen molar-refractivity contribution in [1.29, 1.82) is 0 Å². The minimum atomic E-state index is -0.208. The molecule has 0 aliphatic rings. The number of aryl methyl sites for hydroxylation is 1. The molecule has 2 rings (SSSR count). The summed E-state index contributed by atoms with van der Waals surface area (Å²) in [6, 6.07) is 3.88. The fourth-order valence-electron chi connectivity index (χ4n) is 1.91. The third-order valence-electron chi connectivity index (χ3n) is 2.97. The van der Waals surface area contributed by atoms with Crippen molar-refractivity contribution in [2.45, 2.75) is 13.5 Å². The summed E-state index contributed by atoms with van der Waals surface area (Å²) in [6.07, 6.45) is 0. The minimum Gasteiger partial charge on any atom is -0.347 e. The first-order chi connectivity index (χ1) is 9.04. The highest BCUT2D eigenvalue weighted by Crippen LogP contribution is 2.25. The van der Waals surface area contributed by atoms with Crippen molar-refractivity contribution in [2.24, 2.45) is 0 Å². The first-order valence-corrected chi connectivity index (χ1v) is 6.97. The van der Waals surface area contributed by atoms with Crippen molar-refractivity contribution in [1.82, 2.24) is 14.8 Å². The molecule has 0 unspecified atom stereocenters. The summed E-state index contributed by atoms with van der Waals surface area (Å²) in [5.74, 6) is -0.329. The zero-order chi connectivity index (χ0) is 14.0. The van der Waals surface area contributed by atoms with Gasteiger partial charge < -0.3 is 14.8 Å². The second-order valence-corrected chi connectivity index (χ2v) is 5.36. The maximum absolute atomic E-state index is 12.1. The number of amides is 2. The Bertz CT molecular complexity index is 612. The fraction of sp³-hybridized carbons (Fsp3) is 0.385. The summed E-state index contributed by atoms with van der Waals surface area (Å²) in [5.41, 5.74) is 1.67. The third kappa shape index (κ3) is 2.63. The summed E-state index contributed by atoms with van der Waals surface area (Å²) < 4.78 is 3.05. The molecule has 0 saturated carbocycles. The van der Waals surface area contributed by atoms with Gasteiger partial charge in [0, 0.05) is 20.6 Å². The lowest BCUT2D eigenvalue weighted by Gasteiger charge is -2.12. The van der Waals surface area contributed by atoms with Gasteiger partial charge in [-0.05, 0) is 24.4 Å². The second kappa shape index (κ2) is 5.44. The van der Waals surface area contributed by atoms with Crippen LogP contribution in [0.4, 0.5) is 0 Å². The van der Waals surface area contributed by atoms with Crippen LogP contribution in [0.5, 0.6) is 0 Å². The van der Waals surface area contributed by atoms with Crippen LogP contribution in [-0.4, -0.2) is 41.9 Å². The number of hydrogen-bond acceptors (Lipinski definition) is 3.